The van der Waals surface area contributed by atoms with E-state index in [-0.39, 0.29) is 11.4 Å². The Morgan fingerprint density at radius 2 is 1.52 bits per heavy atom. The van der Waals surface area contributed by atoms with E-state index in [1.54, 1.807) is 0 Å². The summed E-state index contributed by atoms with van der Waals surface area (Å²) in [6.07, 6.45) is 1.46. The highest BCUT2D eigenvalue weighted by Crippen LogP contribution is 2.24. The molecule has 0 aromatic heterocycles. The van der Waals surface area contributed by atoms with Crippen LogP contribution in [-0.2, 0) is 34.2 Å². The van der Waals surface area contributed by atoms with Gasteiger partial charge in [0.1, 0.15) is 5.82 Å². The van der Waals surface area contributed by atoms with E-state index < -0.39 is 28.3 Å². The number of anilines is 1. The summed E-state index contributed by atoms with van der Waals surface area (Å²) < 4.78 is 41.2. The standard InChI is InChI=1S/C25H26ClFN2O3S/c1-3-19-6-5-7-20(4-2)25(19)28-24(30)17-29(16-18-8-12-22(27)13-9-18)33(31,32)23-14-10-21(26)11-15-23/h5-15H,3-4,16-17H2,1-2H3,(H,28,30). The molecule has 5 nitrogen and oxygen atoms in total. The van der Waals surface area contributed by atoms with Gasteiger partial charge in [-0.3, -0.25) is 4.79 Å². The summed E-state index contributed by atoms with van der Waals surface area (Å²) in [6.45, 7) is 3.50. The van der Waals surface area contributed by atoms with Crippen LogP contribution in [0.3, 0.4) is 0 Å². The minimum Gasteiger partial charge on any atom is -0.324 e. The Labute approximate surface area is 199 Å². The molecule has 0 spiro atoms. The molecule has 0 aliphatic carbocycles. The van der Waals surface area contributed by atoms with Crippen LogP contribution in [0.1, 0.15) is 30.5 Å². The van der Waals surface area contributed by atoms with Gasteiger partial charge in [-0.1, -0.05) is 55.8 Å². The first-order chi connectivity index (χ1) is 15.7. The monoisotopic (exact) mass is 488 g/mol. The molecule has 174 valence electrons. The van der Waals surface area contributed by atoms with Crippen molar-refractivity contribution in [1.29, 1.82) is 0 Å². The third kappa shape index (κ3) is 6.19. The largest absolute Gasteiger partial charge is 0.324 e. The number of amides is 1. The van der Waals surface area contributed by atoms with E-state index in [2.05, 4.69) is 5.32 Å². The van der Waals surface area contributed by atoms with E-state index in [0.29, 0.717) is 10.6 Å². The zero-order chi connectivity index (χ0) is 24.0. The first-order valence-electron chi connectivity index (χ1n) is 10.6. The molecule has 0 bridgehead atoms. The van der Waals surface area contributed by atoms with Gasteiger partial charge in [0.2, 0.25) is 15.9 Å². The number of hydrogen-bond acceptors (Lipinski definition) is 3. The van der Waals surface area contributed by atoms with E-state index in [1.807, 2.05) is 32.0 Å². The zero-order valence-electron chi connectivity index (χ0n) is 18.5. The molecule has 0 saturated heterocycles. The lowest BCUT2D eigenvalue weighted by Crippen LogP contribution is -2.37. The number of aryl methyl sites for hydroxylation is 2. The molecular weight excluding hydrogens is 463 g/mol. The SMILES string of the molecule is CCc1cccc(CC)c1NC(=O)CN(Cc1ccc(F)cc1)S(=O)(=O)c1ccc(Cl)cc1. The molecule has 0 heterocycles. The van der Waals surface area contributed by atoms with Gasteiger partial charge in [-0.25, -0.2) is 12.8 Å². The van der Waals surface area contributed by atoms with Crippen LogP contribution in [0.4, 0.5) is 10.1 Å². The second-order valence-electron chi connectivity index (χ2n) is 7.56. The molecule has 0 aliphatic heterocycles. The van der Waals surface area contributed by atoms with Crippen molar-refractivity contribution in [1.82, 2.24) is 4.31 Å². The number of hydrogen-bond donors (Lipinski definition) is 1. The van der Waals surface area contributed by atoms with Crippen molar-refractivity contribution in [2.24, 2.45) is 0 Å². The smallest absolute Gasteiger partial charge is 0.243 e. The van der Waals surface area contributed by atoms with Gasteiger partial charge >= 0.3 is 0 Å². The van der Waals surface area contributed by atoms with E-state index in [4.69, 9.17) is 11.6 Å². The minimum atomic E-state index is -4.02. The maximum Gasteiger partial charge on any atom is 0.243 e. The fourth-order valence-electron chi connectivity index (χ4n) is 3.52. The first kappa shape index (κ1) is 24.9. The van der Waals surface area contributed by atoms with Gasteiger partial charge in [0.25, 0.3) is 0 Å². The fourth-order valence-corrected chi connectivity index (χ4v) is 5.03. The Kier molecular flexibility index (Phi) is 8.24. The fraction of sp³-hybridized carbons (Fsp3) is 0.240. The van der Waals surface area contributed by atoms with Crippen LogP contribution in [0, 0.1) is 5.82 Å². The van der Waals surface area contributed by atoms with Crippen molar-refractivity contribution < 1.29 is 17.6 Å². The van der Waals surface area contributed by atoms with Gasteiger partial charge in [0, 0.05) is 17.3 Å². The van der Waals surface area contributed by atoms with E-state index in [9.17, 15) is 17.6 Å². The summed E-state index contributed by atoms with van der Waals surface area (Å²) >= 11 is 5.91. The summed E-state index contributed by atoms with van der Waals surface area (Å²) in [6, 6.07) is 17.1. The summed E-state index contributed by atoms with van der Waals surface area (Å²) in [5.74, 6) is -0.878. The predicted molar refractivity (Wildman–Crippen MR) is 129 cm³/mol. The third-order valence-corrected chi connectivity index (χ3v) is 7.36. The van der Waals surface area contributed by atoms with E-state index in [1.165, 1.54) is 48.5 Å². The molecule has 1 N–H and O–H groups in total. The number of sulfonamides is 1. The molecule has 0 unspecified atom stereocenters. The Hall–Kier alpha value is -2.74. The Morgan fingerprint density at radius 1 is 0.939 bits per heavy atom. The second-order valence-corrected chi connectivity index (χ2v) is 9.93. The second kappa shape index (κ2) is 10.9. The maximum absolute atomic E-state index is 13.4. The number of benzene rings is 3. The van der Waals surface area contributed by atoms with Gasteiger partial charge in [-0.15, -0.1) is 0 Å². The Bertz CT molecular complexity index is 1190. The van der Waals surface area contributed by atoms with Crippen molar-refractivity contribution in [3.8, 4) is 0 Å². The van der Waals surface area contributed by atoms with Crippen molar-refractivity contribution in [3.05, 3.63) is 94.3 Å². The number of halogens is 2. The van der Waals surface area contributed by atoms with Crippen LogP contribution in [0.25, 0.3) is 0 Å². The molecule has 8 heteroatoms. The van der Waals surface area contributed by atoms with Gasteiger partial charge in [0.15, 0.2) is 0 Å². The highest BCUT2D eigenvalue weighted by Gasteiger charge is 2.27. The predicted octanol–water partition coefficient (Wildman–Crippen LogP) is 5.43. The number of carbonyl (C=O) groups is 1. The van der Waals surface area contributed by atoms with Crippen LogP contribution >= 0.6 is 11.6 Å². The van der Waals surface area contributed by atoms with Gasteiger partial charge in [-0.05, 0) is 65.9 Å². The zero-order valence-corrected chi connectivity index (χ0v) is 20.1. The highest BCUT2D eigenvalue weighted by atomic mass is 35.5. The molecule has 1 amide bonds. The van der Waals surface area contributed by atoms with Crippen molar-refractivity contribution >= 4 is 33.2 Å². The number of nitrogens with one attached hydrogen (secondary N) is 1. The van der Waals surface area contributed by atoms with Crippen LogP contribution in [0.5, 0.6) is 0 Å². The molecule has 33 heavy (non-hydrogen) atoms. The number of carbonyl (C=O) groups excluding carboxylic acids is 1. The third-order valence-electron chi connectivity index (χ3n) is 5.31. The number of rotatable bonds is 9. The van der Waals surface area contributed by atoms with Gasteiger partial charge < -0.3 is 5.32 Å². The van der Waals surface area contributed by atoms with Gasteiger partial charge in [-0.2, -0.15) is 4.31 Å². The van der Waals surface area contributed by atoms with Gasteiger partial charge in [0.05, 0.1) is 11.4 Å². The Morgan fingerprint density at radius 3 is 2.06 bits per heavy atom. The molecule has 0 radical (unpaired) electrons. The molecule has 3 rings (SSSR count). The lowest BCUT2D eigenvalue weighted by Gasteiger charge is -2.23. The molecule has 3 aromatic rings. The lowest BCUT2D eigenvalue weighted by molar-refractivity contribution is -0.116. The highest BCUT2D eigenvalue weighted by molar-refractivity contribution is 7.89. The number of para-hydroxylation sites is 1. The molecule has 0 saturated carbocycles. The Balaban J connectivity index is 1.92. The van der Waals surface area contributed by atoms with Crippen LogP contribution in [0.2, 0.25) is 5.02 Å². The summed E-state index contributed by atoms with van der Waals surface area (Å²) in [7, 11) is -4.02. The first-order valence-corrected chi connectivity index (χ1v) is 12.5. The molecular formula is C25H26ClFN2O3S. The van der Waals surface area contributed by atoms with Crippen molar-refractivity contribution in [2.45, 2.75) is 38.1 Å². The topological polar surface area (TPSA) is 66.5 Å². The van der Waals surface area contributed by atoms with E-state index >= 15 is 0 Å². The molecule has 0 atom stereocenters. The maximum atomic E-state index is 13.4. The normalized spacial score (nSPS) is 11.5. The summed E-state index contributed by atoms with van der Waals surface area (Å²) in [4.78, 5) is 13.1. The lowest BCUT2D eigenvalue weighted by atomic mass is 10.0. The summed E-state index contributed by atoms with van der Waals surface area (Å²) in [5.41, 5.74) is 3.24. The van der Waals surface area contributed by atoms with Crippen LogP contribution in [-0.4, -0.2) is 25.2 Å². The van der Waals surface area contributed by atoms with Crippen molar-refractivity contribution in [2.75, 3.05) is 11.9 Å². The average molecular weight is 489 g/mol. The number of nitrogens with zero attached hydrogens (tertiary/aromatic N) is 1. The average Bonchev–Trinajstić information content (AvgIpc) is 2.80. The molecule has 0 aliphatic rings. The van der Waals surface area contributed by atoms with E-state index in [0.717, 1.165) is 34.0 Å². The van der Waals surface area contributed by atoms with Crippen molar-refractivity contribution in [3.63, 3.8) is 0 Å². The molecule has 3 aromatic carbocycles. The molecule has 0 fully saturated rings. The summed E-state index contributed by atoms with van der Waals surface area (Å²) in [5, 5.41) is 3.32. The van der Waals surface area contributed by atoms with Crippen LogP contribution in [0.15, 0.2) is 71.6 Å². The minimum absolute atomic E-state index is 0.0185. The quantitative estimate of drug-likeness (QED) is 0.436. The van der Waals surface area contributed by atoms with Crippen LogP contribution < -0.4 is 5.32 Å².